The van der Waals surface area contributed by atoms with E-state index in [-0.39, 0.29) is 5.91 Å². The van der Waals surface area contributed by atoms with Crippen molar-refractivity contribution in [2.45, 2.75) is 20.0 Å². The van der Waals surface area contributed by atoms with Crippen LogP contribution in [0.25, 0.3) is 0 Å². The number of para-hydroxylation sites is 1. The minimum absolute atomic E-state index is 0.230. The van der Waals surface area contributed by atoms with Crippen LogP contribution in [0.1, 0.15) is 12.6 Å². The number of anilines is 1. The molecule has 0 unspecified atom stereocenters. The second-order valence-corrected chi connectivity index (χ2v) is 5.70. The molecule has 1 heterocycles. The fourth-order valence-electron chi connectivity index (χ4n) is 2.17. The van der Waals surface area contributed by atoms with Crippen LogP contribution in [-0.2, 0) is 4.79 Å². The van der Waals surface area contributed by atoms with Gasteiger partial charge in [0, 0.05) is 11.8 Å². The lowest BCUT2D eigenvalue weighted by atomic mass is 10.2. The molecule has 2 aromatic carbocycles. The number of hydrogen-bond donors (Lipinski definition) is 1. The summed E-state index contributed by atoms with van der Waals surface area (Å²) in [4.78, 5) is 12.2. The van der Waals surface area contributed by atoms with Gasteiger partial charge in [-0.25, -0.2) is 0 Å². The normalized spacial score (nSPS) is 11.5. The molecule has 0 spiro atoms. The Balaban J connectivity index is 1.56. The first-order valence-electron chi connectivity index (χ1n) is 8.21. The largest absolute Gasteiger partial charge is 0.481 e. The fraction of sp³-hybridized carbons (Fsp3) is 0.150. The predicted molar refractivity (Wildman–Crippen MR) is 98.4 cm³/mol. The Labute approximate surface area is 151 Å². The molecule has 1 N–H and O–H groups in total. The second kappa shape index (κ2) is 8.11. The standard InChI is InChI=1S/C20H19N3O3/c1-14-8-13-19(23-22-14)26-18-11-9-16(10-12-18)21-20(24)15(2)25-17-6-4-3-5-7-17/h3-13,15H,1-2H3,(H,21,24)/t15-/m1/s1. The Morgan fingerprint density at radius 2 is 1.65 bits per heavy atom. The number of hydrogen-bond acceptors (Lipinski definition) is 5. The Hall–Kier alpha value is -3.41. The quantitative estimate of drug-likeness (QED) is 0.728. The van der Waals surface area contributed by atoms with Crippen molar-refractivity contribution in [2.24, 2.45) is 0 Å². The summed E-state index contributed by atoms with van der Waals surface area (Å²) in [5, 5.41) is 10.7. The van der Waals surface area contributed by atoms with Crippen molar-refractivity contribution in [2.75, 3.05) is 5.32 Å². The summed E-state index contributed by atoms with van der Waals surface area (Å²) in [5.74, 6) is 1.44. The van der Waals surface area contributed by atoms with Crippen molar-refractivity contribution < 1.29 is 14.3 Å². The van der Waals surface area contributed by atoms with Crippen LogP contribution >= 0.6 is 0 Å². The maximum absolute atomic E-state index is 12.2. The molecule has 0 aliphatic carbocycles. The van der Waals surface area contributed by atoms with Gasteiger partial charge in [-0.1, -0.05) is 18.2 Å². The fourth-order valence-corrected chi connectivity index (χ4v) is 2.17. The summed E-state index contributed by atoms with van der Waals surface area (Å²) in [6.45, 7) is 3.56. The zero-order valence-electron chi connectivity index (χ0n) is 14.5. The highest BCUT2D eigenvalue weighted by Crippen LogP contribution is 2.21. The molecule has 26 heavy (non-hydrogen) atoms. The van der Waals surface area contributed by atoms with Crippen LogP contribution in [0.3, 0.4) is 0 Å². The monoisotopic (exact) mass is 349 g/mol. The average Bonchev–Trinajstić information content (AvgIpc) is 2.66. The Kier molecular flexibility index (Phi) is 5.43. The number of aromatic nitrogens is 2. The molecule has 0 aliphatic rings. The third-order valence-electron chi connectivity index (χ3n) is 3.54. The summed E-state index contributed by atoms with van der Waals surface area (Å²) in [7, 11) is 0. The van der Waals surface area contributed by atoms with Crippen molar-refractivity contribution in [3.8, 4) is 17.4 Å². The summed E-state index contributed by atoms with van der Waals surface area (Å²) in [6, 6.07) is 19.8. The van der Waals surface area contributed by atoms with Crippen molar-refractivity contribution in [1.29, 1.82) is 0 Å². The summed E-state index contributed by atoms with van der Waals surface area (Å²) in [5.41, 5.74) is 1.48. The maximum atomic E-state index is 12.2. The van der Waals surface area contributed by atoms with E-state index in [1.165, 1.54) is 0 Å². The van der Waals surface area contributed by atoms with Crippen molar-refractivity contribution in [3.05, 3.63) is 72.4 Å². The molecule has 0 fully saturated rings. The Bertz CT molecular complexity index is 850. The lowest BCUT2D eigenvalue weighted by Gasteiger charge is -2.14. The van der Waals surface area contributed by atoms with E-state index in [1.807, 2.05) is 43.3 Å². The van der Waals surface area contributed by atoms with E-state index in [1.54, 1.807) is 37.3 Å². The number of carbonyl (C=O) groups excluding carboxylic acids is 1. The molecule has 1 amide bonds. The van der Waals surface area contributed by atoms with Gasteiger partial charge in [-0.2, -0.15) is 5.10 Å². The van der Waals surface area contributed by atoms with Crippen LogP contribution in [0.5, 0.6) is 17.4 Å². The van der Waals surface area contributed by atoms with E-state index >= 15 is 0 Å². The molecule has 1 aromatic heterocycles. The molecule has 3 aromatic rings. The number of aryl methyl sites for hydroxylation is 1. The maximum Gasteiger partial charge on any atom is 0.265 e. The third kappa shape index (κ3) is 4.80. The lowest BCUT2D eigenvalue weighted by molar-refractivity contribution is -0.122. The molecule has 0 radical (unpaired) electrons. The van der Waals surface area contributed by atoms with Gasteiger partial charge in [0.15, 0.2) is 6.10 Å². The highest BCUT2D eigenvalue weighted by molar-refractivity contribution is 5.94. The average molecular weight is 349 g/mol. The van der Waals surface area contributed by atoms with E-state index in [9.17, 15) is 4.79 Å². The van der Waals surface area contributed by atoms with Crippen molar-refractivity contribution >= 4 is 11.6 Å². The van der Waals surface area contributed by atoms with Crippen LogP contribution < -0.4 is 14.8 Å². The van der Waals surface area contributed by atoms with Gasteiger partial charge >= 0.3 is 0 Å². The van der Waals surface area contributed by atoms with Crippen LogP contribution in [0.2, 0.25) is 0 Å². The van der Waals surface area contributed by atoms with Gasteiger partial charge in [0.2, 0.25) is 5.88 Å². The molecule has 0 saturated heterocycles. The smallest absolute Gasteiger partial charge is 0.265 e. The number of amides is 1. The highest BCUT2D eigenvalue weighted by Gasteiger charge is 2.14. The predicted octanol–water partition coefficient (Wildman–Crippen LogP) is 3.98. The first-order valence-corrected chi connectivity index (χ1v) is 8.21. The van der Waals surface area contributed by atoms with Crippen LogP contribution in [0, 0.1) is 6.92 Å². The Morgan fingerprint density at radius 3 is 2.31 bits per heavy atom. The van der Waals surface area contributed by atoms with Gasteiger partial charge in [0.25, 0.3) is 5.91 Å². The number of nitrogens with one attached hydrogen (secondary N) is 1. The van der Waals surface area contributed by atoms with Crippen LogP contribution in [-0.4, -0.2) is 22.2 Å². The van der Waals surface area contributed by atoms with E-state index in [0.717, 1.165) is 5.69 Å². The number of rotatable bonds is 6. The van der Waals surface area contributed by atoms with Crippen LogP contribution in [0.4, 0.5) is 5.69 Å². The minimum atomic E-state index is -0.615. The molecule has 0 aliphatic heterocycles. The zero-order valence-corrected chi connectivity index (χ0v) is 14.5. The van der Waals surface area contributed by atoms with Crippen LogP contribution in [0.15, 0.2) is 66.7 Å². The number of ether oxygens (including phenoxy) is 2. The summed E-state index contributed by atoms with van der Waals surface area (Å²) in [6.07, 6.45) is -0.615. The molecule has 0 bridgehead atoms. The van der Waals surface area contributed by atoms with Gasteiger partial charge in [-0.05, 0) is 56.3 Å². The zero-order chi connectivity index (χ0) is 18.4. The highest BCUT2D eigenvalue weighted by atomic mass is 16.5. The first kappa shape index (κ1) is 17.4. The number of benzene rings is 2. The SMILES string of the molecule is Cc1ccc(Oc2ccc(NC(=O)[C@@H](C)Oc3ccccc3)cc2)nn1. The van der Waals surface area contributed by atoms with E-state index in [0.29, 0.717) is 23.1 Å². The topological polar surface area (TPSA) is 73.3 Å². The van der Waals surface area contributed by atoms with Gasteiger partial charge in [0.1, 0.15) is 11.5 Å². The second-order valence-electron chi connectivity index (χ2n) is 5.70. The third-order valence-corrected chi connectivity index (χ3v) is 3.54. The van der Waals surface area contributed by atoms with E-state index in [2.05, 4.69) is 15.5 Å². The molecule has 6 nitrogen and oxygen atoms in total. The van der Waals surface area contributed by atoms with Crippen molar-refractivity contribution in [3.63, 3.8) is 0 Å². The minimum Gasteiger partial charge on any atom is -0.481 e. The lowest BCUT2D eigenvalue weighted by Crippen LogP contribution is -2.30. The molecule has 3 rings (SSSR count). The van der Waals surface area contributed by atoms with Gasteiger partial charge in [-0.3, -0.25) is 4.79 Å². The summed E-state index contributed by atoms with van der Waals surface area (Å²) < 4.78 is 11.2. The number of carbonyl (C=O) groups is 1. The van der Waals surface area contributed by atoms with Crippen molar-refractivity contribution in [1.82, 2.24) is 10.2 Å². The van der Waals surface area contributed by atoms with Gasteiger partial charge in [0.05, 0.1) is 5.69 Å². The molecule has 6 heteroatoms. The molecular weight excluding hydrogens is 330 g/mol. The van der Waals surface area contributed by atoms with E-state index in [4.69, 9.17) is 9.47 Å². The number of nitrogens with zero attached hydrogens (tertiary/aromatic N) is 2. The molecular formula is C20H19N3O3. The molecule has 132 valence electrons. The van der Waals surface area contributed by atoms with Gasteiger partial charge in [-0.15, -0.1) is 5.10 Å². The Morgan fingerprint density at radius 1 is 0.923 bits per heavy atom. The molecule has 0 saturated carbocycles. The van der Waals surface area contributed by atoms with Gasteiger partial charge < -0.3 is 14.8 Å². The summed E-state index contributed by atoms with van der Waals surface area (Å²) >= 11 is 0. The first-order chi connectivity index (χ1) is 12.6. The van der Waals surface area contributed by atoms with E-state index < -0.39 is 6.10 Å². The molecule has 1 atom stereocenters.